The van der Waals surface area contributed by atoms with Gasteiger partial charge < -0.3 is 5.11 Å². The zero-order valence-electron chi connectivity index (χ0n) is 21.4. The molecule has 3 aromatic rings. The molecule has 0 fully saturated rings. The number of rotatable bonds is 7. The molecule has 1 N–H and O–H groups in total. The molecule has 1 radical (unpaired) electrons. The van der Waals surface area contributed by atoms with E-state index in [0.717, 1.165) is 30.0 Å². The van der Waals surface area contributed by atoms with Crippen molar-refractivity contribution < 1.29 is 34.7 Å². The standard InChI is InChI=1S/C15H12NOSe.C13H24O2.Ir/c1-10-7-11(2)9-13(8-10)17-15-14-12(3-5-16-15)4-6-18-14;1-7-12(3,4)10(14)9-11(15)13(5,6)8-2;/h3-8H,1-2H3;9,14H,7-8H2,1-6H3;/q-1;;/b;10-9-;. The molecule has 2 aromatic heterocycles. The van der Waals surface area contributed by atoms with Crippen LogP contribution >= 0.6 is 0 Å². The Hall–Kier alpha value is -1.71. The van der Waals surface area contributed by atoms with Gasteiger partial charge >= 0.3 is 112 Å². The van der Waals surface area contributed by atoms with Gasteiger partial charge in [-0.25, -0.2) is 0 Å². The van der Waals surface area contributed by atoms with Gasteiger partial charge in [0.2, 0.25) is 0 Å². The Morgan fingerprint density at radius 1 is 1.12 bits per heavy atom. The number of carbonyl (C=O) groups excluding carboxylic acids is 1. The van der Waals surface area contributed by atoms with Gasteiger partial charge in [-0.3, -0.25) is 4.79 Å². The third-order valence-corrected chi connectivity index (χ3v) is 7.99. The molecule has 34 heavy (non-hydrogen) atoms. The van der Waals surface area contributed by atoms with Crippen LogP contribution in [0.4, 0.5) is 0 Å². The summed E-state index contributed by atoms with van der Waals surface area (Å²) in [4.78, 5) is 18.4. The van der Waals surface area contributed by atoms with E-state index in [1.165, 1.54) is 21.3 Å². The van der Waals surface area contributed by atoms with Crippen LogP contribution in [0.1, 0.15) is 65.5 Å². The number of ether oxygens (including phenoxy) is 1. The number of aliphatic hydroxyl groups excluding tert-OH is 1. The molecule has 0 unspecified atom stereocenters. The largest absolute Gasteiger partial charge is 0 e. The van der Waals surface area contributed by atoms with Crippen LogP contribution in [0.3, 0.4) is 0 Å². The van der Waals surface area contributed by atoms with Crippen molar-refractivity contribution in [1.29, 1.82) is 0 Å². The maximum atomic E-state index is 11.8. The van der Waals surface area contributed by atoms with Crippen LogP contribution < -0.4 is 4.74 Å². The molecule has 0 aliphatic carbocycles. The van der Waals surface area contributed by atoms with Crippen molar-refractivity contribution in [2.45, 2.75) is 68.2 Å². The number of aliphatic hydroxyl groups is 1. The summed E-state index contributed by atoms with van der Waals surface area (Å²) in [7, 11) is 0. The van der Waals surface area contributed by atoms with Crippen LogP contribution in [0.15, 0.2) is 47.2 Å². The third-order valence-electron chi connectivity index (χ3n) is 6.06. The minimum Gasteiger partial charge on any atom is 0 e. The molecule has 3 rings (SSSR count). The van der Waals surface area contributed by atoms with E-state index < -0.39 is 0 Å². The summed E-state index contributed by atoms with van der Waals surface area (Å²) in [6, 6.07) is 11.4. The first-order valence-corrected chi connectivity index (χ1v) is 13.2. The van der Waals surface area contributed by atoms with Crippen LogP contribution in [-0.4, -0.2) is 30.4 Å². The Bertz CT molecular complexity index is 1110. The first-order valence-electron chi connectivity index (χ1n) is 11.4. The normalized spacial score (nSPS) is 11.9. The number of fused-ring (bicyclic) bond motifs is 1. The van der Waals surface area contributed by atoms with E-state index in [1.54, 1.807) is 6.20 Å². The number of ketones is 1. The van der Waals surface area contributed by atoms with Gasteiger partial charge in [-0.05, 0) is 12.8 Å². The van der Waals surface area contributed by atoms with Crippen molar-refractivity contribution in [3.05, 3.63) is 64.4 Å². The second-order valence-corrected chi connectivity index (χ2v) is 11.6. The zero-order valence-corrected chi connectivity index (χ0v) is 25.5. The predicted molar refractivity (Wildman–Crippen MR) is 137 cm³/mol. The molecule has 187 valence electrons. The summed E-state index contributed by atoms with van der Waals surface area (Å²) in [6.45, 7) is 15.7. The Kier molecular flexibility index (Phi) is 11.4. The Morgan fingerprint density at radius 3 is 2.35 bits per heavy atom. The molecule has 2 heterocycles. The summed E-state index contributed by atoms with van der Waals surface area (Å²) in [5.74, 6) is 1.66. The van der Waals surface area contributed by atoms with E-state index in [-0.39, 0.29) is 42.5 Å². The summed E-state index contributed by atoms with van der Waals surface area (Å²) in [5, 5.41) is 11.1. The van der Waals surface area contributed by atoms with E-state index in [9.17, 15) is 9.90 Å². The SMILES string of the molecule is CCC(C)(C)C(=O)/C=C(\O)C(C)(C)CC.Cc1[c-]c(Oc2nccc3cc[se]c23)cc(C)c1.[Ir]. The molecule has 0 saturated carbocycles. The molecule has 0 aliphatic heterocycles. The molecule has 0 atom stereocenters. The van der Waals surface area contributed by atoms with Crippen molar-refractivity contribution >= 4 is 29.9 Å². The van der Waals surface area contributed by atoms with Gasteiger partial charge in [-0.1, -0.05) is 41.5 Å². The van der Waals surface area contributed by atoms with E-state index in [0.29, 0.717) is 14.5 Å². The summed E-state index contributed by atoms with van der Waals surface area (Å²) >= 11 is 0.331. The second kappa shape index (κ2) is 12.8. The summed E-state index contributed by atoms with van der Waals surface area (Å²) in [6.07, 6.45) is 4.78. The molecular formula is C28H36IrNO3Se-. The molecular weight excluding hydrogens is 669 g/mol. The minimum atomic E-state index is -0.377. The fourth-order valence-corrected chi connectivity index (χ4v) is 4.54. The molecule has 4 nitrogen and oxygen atoms in total. The maximum Gasteiger partial charge on any atom is 0 e. The monoisotopic (exact) mass is 707 g/mol. The topological polar surface area (TPSA) is 59.4 Å². The van der Waals surface area contributed by atoms with Crippen LogP contribution in [0.25, 0.3) is 9.65 Å². The summed E-state index contributed by atoms with van der Waals surface area (Å²) in [5.41, 5.74) is 1.58. The van der Waals surface area contributed by atoms with Crippen LogP contribution in [0.2, 0.25) is 0 Å². The van der Waals surface area contributed by atoms with Gasteiger partial charge in [-0.2, -0.15) is 0 Å². The van der Waals surface area contributed by atoms with E-state index in [1.807, 2.05) is 60.6 Å². The van der Waals surface area contributed by atoms with Gasteiger partial charge in [-0.15, -0.1) is 0 Å². The van der Waals surface area contributed by atoms with E-state index in [4.69, 9.17) is 4.74 Å². The molecule has 0 aliphatic rings. The molecule has 0 spiro atoms. The minimum absolute atomic E-state index is 0. The van der Waals surface area contributed by atoms with Gasteiger partial charge in [0.25, 0.3) is 0 Å². The van der Waals surface area contributed by atoms with Gasteiger partial charge in [0.15, 0.2) is 5.78 Å². The number of aryl methyl sites for hydroxylation is 2. The quantitative estimate of drug-likeness (QED) is 0.121. The molecule has 1 aromatic carbocycles. The number of pyridine rings is 1. The van der Waals surface area contributed by atoms with Crippen molar-refractivity contribution in [2.75, 3.05) is 0 Å². The average molecular weight is 706 g/mol. The smallest absolute Gasteiger partial charge is 0 e. The van der Waals surface area contributed by atoms with Crippen molar-refractivity contribution in [3.8, 4) is 11.6 Å². The van der Waals surface area contributed by atoms with Gasteiger partial charge in [0, 0.05) is 37.0 Å². The van der Waals surface area contributed by atoms with Crippen molar-refractivity contribution in [1.82, 2.24) is 4.98 Å². The predicted octanol–water partition coefficient (Wildman–Crippen LogP) is 7.37. The van der Waals surface area contributed by atoms with E-state index >= 15 is 0 Å². The molecule has 6 heteroatoms. The number of nitrogens with zero attached hydrogens (tertiary/aromatic N) is 1. The average Bonchev–Trinajstić information content (AvgIpc) is 3.23. The van der Waals surface area contributed by atoms with Crippen LogP contribution in [-0.2, 0) is 24.9 Å². The van der Waals surface area contributed by atoms with Gasteiger partial charge in [0.1, 0.15) is 5.76 Å². The Morgan fingerprint density at radius 2 is 1.76 bits per heavy atom. The number of carbonyl (C=O) groups is 1. The fourth-order valence-electron chi connectivity index (χ4n) is 2.83. The third kappa shape index (κ3) is 8.20. The fraction of sp³-hybridized carbons (Fsp3) is 0.429. The number of hydrogen-bond acceptors (Lipinski definition) is 4. The number of benzene rings is 1. The Labute approximate surface area is 223 Å². The molecule has 0 saturated heterocycles. The van der Waals surface area contributed by atoms with Gasteiger partial charge in [0.05, 0.1) is 0 Å². The number of allylic oxidation sites excluding steroid dienone is 2. The maximum absolute atomic E-state index is 11.8. The van der Waals surface area contributed by atoms with Crippen LogP contribution in [0, 0.1) is 30.7 Å². The second-order valence-electron chi connectivity index (χ2n) is 9.63. The van der Waals surface area contributed by atoms with E-state index in [2.05, 4.69) is 35.0 Å². The van der Waals surface area contributed by atoms with Crippen LogP contribution in [0.5, 0.6) is 11.6 Å². The zero-order chi connectivity index (χ0) is 24.8. The van der Waals surface area contributed by atoms with Crippen molar-refractivity contribution in [2.24, 2.45) is 10.8 Å². The number of aromatic nitrogens is 1. The molecule has 0 amide bonds. The number of hydrogen-bond donors (Lipinski definition) is 1. The summed E-state index contributed by atoms with van der Waals surface area (Å²) < 4.78 is 7.11. The van der Waals surface area contributed by atoms with Crippen molar-refractivity contribution in [3.63, 3.8) is 0 Å². The molecule has 0 bridgehead atoms. The Balaban J connectivity index is 0.000000338. The first kappa shape index (κ1) is 30.3. The first-order chi connectivity index (χ1) is 15.4.